The van der Waals surface area contributed by atoms with Crippen molar-refractivity contribution in [2.45, 2.75) is 57.4 Å². The highest BCUT2D eigenvalue weighted by molar-refractivity contribution is 5.83. The number of carbonyl (C=O) groups is 1. The van der Waals surface area contributed by atoms with E-state index in [9.17, 15) is 4.79 Å². The van der Waals surface area contributed by atoms with Gasteiger partial charge in [0.2, 0.25) is 5.91 Å². The number of benzene rings is 1. The molecule has 4 rings (SSSR count). The summed E-state index contributed by atoms with van der Waals surface area (Å²) in [6.45, 7) is 5.84. The average molecular weight is 354 g/mol. The maximum atomic E-state index is 12.8. The predicted molar refractivity (Wildman–Crippen MR) is 106 cm³/mol. The van der Waals surface area contributed by atoms with E-state index in [4.69, 9.17) is 0 Å². The number of hydrogen-bond acceptors (Lipinski definition) is 2. The second-order valence-electron chi connectivity index (χ2n) is 7.99. The van der Waals surface area contributed by atoms with Gasteiger partial charge in [-0.3, -0.25) is 9.69 Å². The molecule has 2 aliphatic heterocycles. The Morgan fingerprint density at radius 3 is 2.73 bits per heavy atom. The molecule has 3 heterocycles. The third-order valence-corrected chi connectivity index (χ3v) is 6.43. The Balaban J connectivity index is 1.34. The highest BCUT2D eigenvalue weighted by Gasteiger charge is 2.28. The van der Waals surface area contributed by atoms with Crippen molar-refractivity contribution in [3.63, 3.8) is 0 Å². The zero-order valence-corrected chi connectivity index (χ0v) is 15.9. The molecule has 2 saturated heterocycles. The number of amides is 1. The minimum atomic E-state index is 0.349. The number of rotatable bonds is 4. The molecule has 1 aromatic carbocycles. The lowest BCUT2D eigenvalue weighted by molar-refractivity contribution is -0.136. The minimum absolute atomic E-state index is 0.349. The molecule has 1 aromatic heterocycles. The van der Waals surface area contributed by atoms with Crippen LogP contribution < -0.4 is 0 Å². The van der Waals surface area contributed by atoms with Gasteiger partial charge in [-0.1, -0.05) is 25.1 Å². The molecule has 1 amide bonds. The lowest BCUT2D eigenvalue weighted by atomic mass is 9.89. The van der Waals surface area contributed by atoms with Crippen LogP contribution in [-0.4, -0.2) is 52.9 Å². The van der Waals surface area contributed by atoms with Crippen LogP contribution in [-0.2, 0) is 4.79 Å². The number of likely N-dealkylation sites (tertiary alicyclic amines) is 2. The molecule has 1 atom stereocenters. The van der Waals surface area contributed by atoms with Crippen LogP contribution in [0.5, 0.6) is 0 Å². The number of para-hydroxylation sites is 1. The second-order valence-corrected chi connectivity index (χ2v) is 7.99. The smallest absolute Gasteiger partial charge is 0.236 e. The molecule has 4 nitrogen and oxygen atoms in total. The zero-order valence-electron chi connectivity index (χ0n) is 15.9. The Morgan fingerprint density at radius 1 is 1.12 bits per heavy atom. The molecule has 1 unspecified atom stereocenters. The normalized spacial score (nSPS) is 22.8. The molecule has 26 heavy (non-hydrogen) atoms. The summed E-state index contributed by atoms with van der Waals surface area (Å²) in [6, 6.07) is 9.05. The first-order chi connectivity index (χ1) is 12.8. The lowest BCUT2D eigenvalue weighted by Crippen LogP contribution is -2.49. The van der Waals surface area contributed by atoms with E-state index in [1.54, 1.807) is 0 Å². The number of aromatic nitrogens is 1. The van der Waals surface area contributed by atoms with Crippen molar-refractivity contribution in [3.8, 4) is 0 Å². The van der Waals surface area contributed by atoms with Crippen LogP contribution in [0.15, 0.2) is 30.5 Å². The van der Waals surface area contributed by atoms with Gasteiger partial charge < -0.3 is 9.88 Å². The molecule has 2 aliphatic rings. The van der Waals surface area contributed by atoms with Crippen molar-refractivity contribution in [3.05, 3.63) is 36.0 Å². The van der Waals surface area contributed by atoms with Gasteiger partial charge in [-0.05, 0) is 69.2 Å². The molecule has 1 N–H and O–H groups in total. The van der Waals surface area contributed by atoms with E-state index >= 15 is 0 Å². The molecule has 140 valence electrons. The van der Waals surface area contributed by atoms with Gasteiger partial charge in [0.15, 0.2) is 0 Å². The lowest BCUT2D eigenvalue weighted by Gasteiger charge is -2.38. The Morgan fingerprint density at radius 2 is 1.92 bits per heavy atom. The summed E-state index contributed by atoms with van der Waals surface area (Å²) in [5.41, 5.74) is 2.68. The van der Waals surface area contributed by atoms with Crippen molar-refractivity contribution in [1.29, 1.82) is 0 Å². The first-order valence-electron chi connectivity index (χ1n) is 10.3. The first kappa shape index (κ1) is 17.6. The molecule has 0 aliphatic carbocycles. The quantitative estimate of drug-likeness (QED) is 0.897. The average Bonchev–Trinajstić information content (AvgIpc) is 3.12. The minimum Gasteiger partial charge on any atom is -0.361 e. The third kappa shape index (κ3) is 3.52. The van der Waals surface area contributed by atoms with Crippen molar-refractivity contribution in [1.82, 2.24) is 14.8 Å². The molecule has 2 fully saturated rings. The zero-order chi connectivity index (χ0) is 17.9. The fraction of sp³-hybridized carbons (Fsp3) is 0.591. The number of nitrogens with zero attached hydrogens (tertiary/aromatic N) is 2. The van der Waals surface area contributed by atoms with Crippen LogP contribution in [0.3, 0.4) is 0 Å². The SMILES string of the molecule is CCC1CCCCN1C(=O)CN1CCC(c2c[nH]c3ccccc23)CC1. The van der Waals surface area contributed by atoms with E-state index in [1.165, 1.54) is 35.7 Å². The summed E-state index contributed by atoms with van der Waals surface area (Å²) in [5, 5.41) is 1.36. The van der Waals surface area contributed by atoms with Crippen LogP contribution in [0, 0.1) is 0 Å². The van der Waals surface area contributed by atoms with Gasteiger partial charge in [0.05, 0.1) is 6.54 Å². The standard InChI is InChI=1S/C22H31N3O/c1-2-18-7-5-6-12-25(18)22(26)16-24-13-10-17(11-14-24)20-15-23-21-9-4-3-8-19(20)21/h3-4,8-9,15,17-18,23H,2,5-7,10-14,16H2,1H3. The van der Waals surface area contributed by atoms with Crippen LogP contribution in [0.1, 0.15) is 56.9 Å². The van der Waals surface area contributed by atoms with Crippen molar-refractivity contribution in [2.75, 3.05) is 26.2 Å². The monoisotopic (exact) mass is 353 g/mol. The second kappa shape index (κ2) is 7.83. The number of carbonyl (C=O) groups excluding carboxylic acids is 1. The fourth-order valence-electron chi connectivity index (χ4n) is 4.87. The third-order valence-electron chi connectivity index (χ3n) is 6.43. The molecular weight excluding hydrogens is 322 g/mol. The molecule has 0 saturated carbocycles. The van der Waals surface area contributed by atoms with Gasteiger partial charge in [0.25, 0.3) is 0 Å². The highest BCUT2D eigenvalue weighted by Crippen LogP contribution is 2.33. The largest absolute Gasteiger partial charge is 0.361 e. The fourth-order valence-corrected chi connectivity index (χ4v) is 4.87. The van der Waals surface area contributed by atoms with E-state index in [0.29, 0.717) is 24.4 Å². The maximum absolute atomic E-state index is 12.8. The number of nitrogens with one attached hydrogen (secondary N) is 1. The highest BCUT2D eigenvalue weighted by atomic mass is 16.2. The van der Waals surface area contributed by atoms with Crippen LogP contribution >= 0.6 is 0 Å². The van der Waals surface area contributed by atoms with E-state index in [-0.39, 0.29) is 0 Å². The summed E-state index contributed by atoms with van der Waals surface area (Å²) in [4.78, 5) is 20.7. The Hall–Kier alpha value is -1.81. The van der Waals surface area contributed by atoms with Gasteiger partial charge in [-0.2, -0.15) is 0 Å². The van der Waals surface area contributed by atoms with Crippen molar-refractivity contribution >= 4 is 16.8 Å². The molecule has 4 heteroatoms. The molecule has 0 radical (unpaired) electrons. The molecule has 2 aromatic rings. The molecule has 0 bridgehead atoms. The number of H-pyrrole nitrogens is 1. The number of aromatic amines is 1. The van der Waals surface area contributed by atoms with E-state index < -0.39 is 0 Å². The van der Waals surface area contributed by atoms with Crippen molar-refractivity contribution in [2.24, 2.45) is 0 Å². The number of fused-ring (bicyclic) bond motifs is 1. The predicted octanol–water partition coefficient (Wildman–Crippen LogP) is 4.14. The van der Waals surface area contributed by atoms with Gasteiger partial charge >= 0.3 is 0 Å². The van der Waals surface area contributed by atoms with Crippen LogP contribution in [0.4, 0.5) is 0 Å². The maximum Gasteiger partial charge on any atom is 0.236 e. The Bertz CT molecular complexity index is 745. The van der Waals surface area contributed by atoms with Crippen LogP contribution in [0.2, 0.25) is 0 Å². The summed E-state index contributed by atoms with van der Waals surface area (Å²) < 4.78 is 0. The van der Waals surface area contributed by atoms with Gasteiger partial charge in [0, 0.05) is 29.7 Å². The van der Waals surface area contributed by atoms with E-state index in [0.717, 1.165) is 38.9 Å². The molecule has 0 spiro atoms. The summed E-state index contributed by atoms with van der Waals surface area (Å²) in [5.74, 6) is 0.956. The van der Waals surface area contributed by atoms with Gasteiger partial charge in [0.1, 0.15) is 0 Å². The molecular formula is C22H31N3O. The summed E-state index contributed by atoms with van der Waals surface area (Å²) in [7, 11) is 0. The van der Waals surface area contributed by atoms with E-state index in [2.05, 4.69) is 52.2 Å². The van der Waals surface area contributed by atoms with Crippen molar-refractivity contribution < 1.29 is 4.79 Å². The number of hydrogen-bond donors (Lipinski definition) is 1. The summed E-state index contributed by atoms with van der Waals surface area (Å²) in [6.07, 6.45) is 9.21. The first-order valence-corrected chi connectivity index (χ1v) is 10.3. The Labute approximate surface area is 156 Å². The van der Waals surface area contributed by atoms with E-state index in [1.807, 2.05) is 0 Å². The number of piperidine rings is 2. The Kier molecular flexibility index (Phi) is 5.30. The van der Waals surface area contributed by atoms with Gasteiger partial charge in [-0.25, -0.2) is 0 Å². The van der Waals surface area contributed by atoms with Crippen LogP contribution in [0.25, 0.3) is 10.9 Å². The summed E-state index contributed by atoms with van der Waals surface area (Å²) >= 11 is 0. The van der Waals surface area contributed by atoms with Gasteiger partial charge in [-0.15, -0.1) is 0 Å². The topological polar surface area (TPSA) is 39.3 Å².